The summed E-state index contributed by atoms with van der Waals surface area (Å²) in [5.74, 6) is 0.493. The molecule has 0 saturated carbocycles. The predicted molar refractivity (Wildman–Crippen MR) is 89.9 cm³/mol. The number of nitrogens with zero attached hydrogens (tertiary/aromatic N) is 2. The number of ether oxygens (including phenoxy) is 1. The molecule has 0 fully saturated rings. The molecule has 1 aromatic heterocycles. The van der Waals surface area contributed by atoms with Gasteiger partial charge in [-0.25, -0.2) is 12.4 Å². The van der Waals surface area contributed by atoms with Crippen LogP contribution in [0.5, 0.6) is 5.75 Å². The maximum atomic E-state index is 13.0. The number of fused-ring (bicyclic) bond motifs is 1. The Morgan fingerprint density at radius 2 is 1.83 bits per heavy atom. The maximum absolute atomic E-state index is 13.0. The molecule has 0 aliphatic carbocycles. The van der Waals surface area contributed by atoms with Crippen LogP contribution in [-0.4, -0.2) is 19.5 Å². The second-order valence-electron chi connectivity index (χ2n) is 4.71. The van der Waals surface area contributed by atoms with Crippen molar-refractivity contribution in [2.45, 2.75) is 4.90 Å². The third-order valence-electron chi connectivity index (χ3n) is 3.46. The molecule has 0 amide bonds. The Kier molecular flexibility index (Phi) is 3.88. The Bertz CT molecular complexity index is 1030. The SMILES string of the molecule is COc1cccc2c1c(Br)c(C#N)n2S(=O)(=O)c1ccccc1. The van der Waals surface area contributed by atoms with E-state index in [1.54, 1.807) is 36.4 Å². The number of methoxy groups -OCH3 is 1. The van der Waals surface area contributed by atoms with Gasteiger partial charge in [0.05, 0.1) is 27.4 Å². The molecule has 0 aliphatic rings. The summed E-state index contributed by atoms with van der Waals surface area (Å²) < 4.78 is 32.7. The molecule has 5 nitrogen and oxygen atoms in total. The average molecular weight is 391 g/mol. The minimum atomic E-state index is -3.90. The van der Waals surface area contributed by atoms with E-state index in [1.807, 2.05) is 6.07 Å². The van der Waals surface area contributed by atoms with Crippen molar-refractivity contribution in [3.63, 3.8) is 0 Å². The lowest BCUT2D eigenvalue weighted by atomic mass is 10.2. The van der Waals surface area contributed by atoms with Crippen LogP contribution in [0, 0.1) is 11.3 Å². The summed E-state index contributed by atoms with van der Waals surface area (Å²) in [4.78, 5) is 0.115. The van der Waals surface area contributed by atoms with Crippen LogP contribution in [0.3, 0.4) is 0 Å². The lowest BCUT2D eigenvalue weighted by Crippen LogP contribution is -2.14. The van der Waals surface area contributed by atoms with Gasteiger partial charge in [-0.3, -0.25) is 0 Å². The van der Waals surface area contributed by atoms with Crippen LogP contribution in [0.4, 0.5) is 0 Å². The summed E-state index contributed by atoms with van der Waals surface area (Å²) in [5.41, 5.74) is 0.394. The van der Waals surface area contributed by atoms with E-state index in [9.17, 15) is 13.7 Å². The van der Waals surface area contributed by atoms with Gasteiger partial charge in [-0.05, 0) is 40.2 Å². The van der Waals surface area contributed by atoms with Gasteiger partial charge in [-0.1, -0.05) is 24.3 Å². The molecule has 7 heteroatoms. The lowest BCUT2D eigenvalue weighted by molar-refractivity contribution is 0.419. The van der Waals surface area contributed by atoms with E-state index in [0.717, 1.165) is 3.97 Å². The first-order valence-electron chi connectivity index (χ1n) is 6.60. The molecule has 0 spiro atoms. The third kappa shape index (κ3) is 2.31. The van der Waals surface area contributed by atoms with E-state index < -0.39 is 10.0 Å². The summed E-state index contributed by atoms with van der Waals surface area (Å²) in [6.07, 6.45) is 0. The summed E-state index contributed by atoms with van der Waals surface area (Å²) >= 11 is 3.33. The van der Waals surface area contributed by atoms with E-state index in [4.69, 9.17) is 4.74 Å². The number of hydrogen-bond donors (Lipinski definition) is 0. The number of nitriles is 1. The normalized spacial score (nSPS) is 11.3. The zero-order valence-corrected chi connectivity index (χ0v) is 14.4. The molecule has 0 aliphatic heterocycles. The van der Waals surface area contributed by atoms with Crippen LogP contribution in [0.25, 0.3) is 10.9 Å². The first-order valence-corrected chi connectivity index (χ1v) is 8.83. The van der Waals surface area contributed by atoms with Gasteiger partial charge in [0.1, 0.15) is 17.5 Å². The highest BCUT2D eigenvalue weighted by atomic mass is 79.9. The van der Waals surface area contributed by atoms with Crippen molar-refractivity contribution in [1.29, 1.82) is 5.26 Å². The van der Waals surface area contributed by atoms with Crippen LogP contribution < -0.4 is 4.74 Å². The van der Waals surface area contributed by atoms with E-state index in [-0.39, 0.29) is 10.6 Å². The van der Waals surface area contributed by atoms with Crippen molar-refractivity contribution in [2.24, 2.45) is 0 Å². The minimum absolute atomic E-state index is 0.00773. The van der Waals surface area contributed by atoms with Gasteiger partial charge in [-0.2, -0.15) is 5.26 Å². The molecule has 23 heavy (non-hydrogen) atoms. The Balaban J connectivity index is 2.46. The van der Waals surface area contributed by atoms with Gasteiger partial charge >= 0.3 is 0 Å². The number of hydrogen-bond acceptors (Lipinski definition) is 4. The van der Waals surface area contributed by atoms with Crippen LogP contribution in [-0.2, 0) is 10.0 Å². The van der Waals surface area contributed by atoms with Crippen LogP contribution in [0.1, 0.15) is 5.69 Å². The highest BCUT2D eigenvalue weighted by Crippen LogP contribution is 2.38. The van der Waals surface area contributed by atoms with Gasteiger partial charge in [0.15, 0.2) is 0 Å². The molecular weight excluding hydrogens is 380 g/mol. The Morgan fingerprint density at radius 3 is 2.43 bits per heavy atom. The highest BCUT2D eigenvalue weighted by Gasteiger charge is 2.27. The zero-order chi connectivity index (χ0) is 16.6. The Morgan fingerprint density at radius 1 is 1.13 bits per heavy atom. The van der Waals surface area contributed by atoms with Crippen molar-refractivity contribution in [2.75, 3.05) is 7.11 Å². The van der Waals surface area contributed by atoms with E-state index in [1.165, 1.54) is 19.2 Å². The highest BCUT2D eigenvalue weighted by molar-refractivity contribution is 9.10. The largest absolute Gasteiger partial charge is 0.496 e. The summed E-state index contributed by atoms with van der Waals surface area (Å²) in [7, 11) is -2.41. The lowest BCUT2D eigenvalue weighted by Gasteiger charge is -2.09. The fourth-order valence-electron chi connectivity index (χ4n) is 2.45. The molecule has 0 radical (unpaired) electrons. The second kappa shape index (κ2) is 5.72. The monoisotopic (exact) mass is 390 g/mol. The predicted octanol–water partition coefficient (Wildman–Crippen LogP) is 3.52. The smallest absolute Gasteiger partial charge is 0.269 e. The number of aromatic nitrogens is 1. The van der Waals surface area contributed by atoms with Gasteiger partial charge in [0, 0.05) is 0 Å². The quantitative estimate of drug-likeness (QED) is 0.685. The fraction of sp³-hybridized carbons (Fsp3) is 0.0625. The van der Waals surface area contributed by atoms with Gasteiger partial charge in [0.25, 0.3) is 10.0 Å². The molecule has 0 N–H and O–H groups in total. The third-order valence-corrected chi connectivity index (χ3v) is 5.96. The van der Waals surface area contributed by atoms with Crippen molar-refractivity contribution < 1.29 is 13.2 Å². The van der Waals surface area contributed by atoms with Gasteiger partial charge in [-0.15, -0.1) is 0 Å². The summed E-state index contributed by atoms with van der Waals surface area (Å²) in [6, 6.07) is 15.0. The van der Waals surface area contributed by atoms with E-state index in [0.29, 0.717) is 21.1 Å². The summed E-state index contributed by atoms with van der Waals surface area (Å²) in [6.45, 7) is 0. The van der Waals surface area contributed by atoms with Crippen LogP contribution in [0.2, 0.25) is 0 Å². The van der Waals surface area contributed by atoms with E-state index in [2.05, 4.69) is 15.9 Å². The van der Waals surface area contributed by atoms with Crippen molar-refractivity contribution >= 4 is 36.9 Å². The minimum Gasteiger partial charge on any atom is -0.496 e. The van der Waals surface area contributed by atoms with E-state index >= 15 is 0 Å². The van der Waals surface area contributed by atoms with Crippen LogP contribution >= 0.6 is 15.9 Å². The van der Waals surface area contributed by atoms with Gasteiger partial charge in [0.2, 0.25) is 0 Å². The number of rotatable bonds is 3. The molecular formula is C16H11BrN2O3S. The second-order valence-corrected chi connectivity index (χ2v) is 7.29. The summed E-state index contributed by atoms with van der Waals surface area (Å²) in [5, 5.41) is 10.0. The number of halogens is 1. The van der Waals surface area contributed by atoms with Crippen molar-refractivity contribution in [3.8, 4) is 11.8 Å². The molecule has 0 atom stereocenters. The zero-order valence-electron chi connectivity index (χ0n) is 12.0. The first-order chi connectivity index (χ1) is 11.0. The average Bonchev–Trinajstić information content (AvgIpc) is 2.88. The van der Waals surface area contributed by atoms with Crippen LogP contribution in [0.15, 0.2) is 57.9 Å². The molecule has 2 aromatic carbocycles. The molecule has 116 valence electrons. The number of benzene rings is 2. The first kappa shape index (κ1) is 15.6. The van der Waals surface area contributed by atoms with Gasteiger partial charge < -0.3 is 4.74 Å². The fourth-order valence-corrected chi connectivity index (χ4v) is 4.73. The van der Waals surface area contributed by atoms with Crippen molar-refractivity contribution in [1.82, 2.24) is 3.97 Å². The molecule has 0 saturated heterocycles. The Hall–Kier alpha value is -2.30. The van der Waals surface area contributed by atoms with Crippen molar-refractivity contribution in [3.05, 3.63) is 58.7 Å². The molecule has 0 unspecified atom stereocenters. The standard InChI is InChI=1S/C16H11BrN2O3S/c1-22-14-9-5-8-12-15(14)16(17)13(10-18)19(12)23(20,21)11-6-3-2-4-7-11/h2-9H,1H3. The Labute approximate surface area is 141 Å². The maximum Gasteiger partial charge on any atom is 0.269 e. The molecule has 0 bridgehead atoms. The topological polar surface area (TPSA) is 72.1 Å². The molecule has 3 aromatic rings. The molecule has 3 rings (SSSR count). The molecule has 1 heterocycles.